The predicted octanol–water partition coefficient (Wildman–Crippen LogP) is 1.09. The van der Waals surface area contributed by atoms with E-state index < -0.39 is 5.60 Å². The van der Waals surface area contributed by atoms with Gasteiger partial charge in [0, 0.05) is 0 Å². The number of β-amino-alcohol motifs (C(OH)–C–C–N with tert-alkyl or cyclic N) is 1. The molecule has 1 aromatic rings. The van der Waals surface area contributed by atoms with E-state index in [0.29, 0.717) is 30.0 Å². The van der Waals surface area contributed by atoms with Crippen molar-refractivity contribution in [1.82, 2.24) is 9.97 Å². The first-order valence-electron chi connectivity index (χ1n) is 5.12. The number of aliphatic hydroxyl groups is 1. The molecule has 2 fully saturated rings. The molecule has 4 nitrogen and oxygen atoms in total. The minimum Gasteiger partial charge on any atom is -0.386 e. The number of anilines is 1. The molecule has 1 saturated carbocycles. The topological polar surface area (TPSA) is 49.2 Å². The van der Waals surface area contributed by atoms with E-state index in [9.17, 15) is 5.11 Å². The van der Waals surface area contributed by atoms with Gasteiger partial charge in [0.1, 0.15) is 5.60 Å². The summed E-state index contributed by atoms with van der Waals surface area (Å²) in [5, 5.41) is 10.7. The first kappa shape index (κ1) is 9.36. The van der Waals surface area contributed by atoms with E-state index in [0.717, 1.165) is 12.8 Å². The summed E-state index contributed by atoms with van der Waals surface area (Å²) in [6.07, 6.45) is 5.48. The first-order chi connectivity index (χ1) is 7.17. The highest BCUT2D eigenvalue weighted by Gasteiger charge is 2.52. The van der Waals surface area contributed by atoms with Crippen molar-refractivity contribution in [3.8, 4) is 0 Å². The number of hydrogen-bond acceptors (Lipinski definition) is 4. The summed E-state index contributed by atoms with van der Waals surface area (Å²) in [4.78, 5) is 10.2. The maximum Gasteiger partial charge on any atom is 0.225 e. The van der Waals surface area contributed by atoms with Crippen molar-refractivity contribution < 1.29 is 5.11 Å². The zero-order chi connectivity index (χ0) is 10.5. The zero-order valence-electron chi connectivity index (χ0n) is 8.23. The molecule has 0 atom stereocenters. The minimum atomic E-state index is -0.483. The van der Waals surface area contributed by atoms with Gasteiger partial charge in [0.2, 0.25) is 5.95 Å². The van der Waals surface area contributed by atoms with Crippen LogP contribution in [0.25, 0.3) is 0 Å². The van der Waals surface area contributed by atoms with E-state index in [1.807, 2.05) is 4.90 Å². The number of nitrogens with zero attached hydrogens (tertiary/aromatic N) is 3. The molecule has 1 aromatic heterocycles. The maximum absolute atomic E-state index is 10.1. The van der Waals surface area contributed by atoms with Gasteiger partial charge in [-0.25, -0.2) is 9.97 Å². The van der Waals surface area contributed by atoms with Gasteiger partial charge in [-0.2, -0.15) is 0 Å². The summed E-state index contributed by atoms with van der Waals surface area (Å²) < 4.78 is 0. The van der Waals surface area contributed by atoms with E-state index in [-0.39, 0.29) is 0 Å². The second kappa shape index (κ2) is 3.06. The van der Waals surface area contributed by atoms with Gasteiger partial charge in [-0.15, -0.1) is 0 Å². The standard InChI is InChI=1S/C10H12ClN3O/c11-8-3-12-9(13-4-8)14-5-10(15,6-14)7-1-2-7/h3-4,7,15H,1-2,5-6H2. The normalized spacial score (nSPS) is 23.7. The lowest BCUT2D eigenvalue weighted by molar-refractivity contribution is -0.0102. The van der Waals surface area contributed by atoms with Gasteiger partial charge in [0.25, 0.3) is 0 Å². The van der Waals surface area contributed by atoms with Crippen LogP contribution in [0.15, 0.2) is 12.4 Å². The maximum atomic E-state index is 10.1. The van der Waals surface area contributed by atoms with Crippen LogP contribution < -0.4 is 4.90 Å². The van der Waals surface area contributed by atoms with Crippen molar-refractivity contribution in [2.75, 3.05) is 18.0 Å². The van der Waals surface area contributed by atoms with E-state index in [1.54, 1.807) is 12.4 Å². The first-order valence-corrected chi connectivity index (χ1v) is 5.50. The molecule has 80 valence electrons. The molecule has 1 aliphatic carbocycles. The van der Waals surface area contributed by atoms with Crippen LogP contribution in [-0.2, 0) is 0 Å². The van der Waals surface area contributed by atoms with Crippen molar-refractivity contribution in [1.29, 1.82) is 0 Å². The van der Waals surface area contributed by atoms with Crippen molar-refractivity contribution in [2.45, 2.75) is 18.4 Å². The quantitative estimate of drug-likeness (QED) is 0.819. The molecule has 0 unspecified atom stereocenters. The second-order valence-electron chi connectivity index (χ2n) is 4.44. The van der Waals surface area contributed by atoms with E-state index >= 15 is 0 Å². The second-order valence-corrected chi connectivity index (χ2v) is 4.87. The molecule has 1 N–H and O–H groups in total. The van der Waals surface area contributed by atoms with Crippen LogP contribution in [0.3, 0.4) is 0 Å². The summed E-state index contributed by atoms with van der Waals surface area (Å²) in [7, 11) is 0. The molecule has 1 aliphatic heterocycles. The van der Waals surface area contributed by atoms with Crippen molar-refractivity contribution in [3.63, 3.8) is 0 Å². The molecule has 1 saturated heterocycles. The van der Waals surface area contributed by atoms with Crippen LogP contribution in [0.2, 0.25) is 5.02 Å². The average Bonchev–Trinajstić information content (AvgIpc) is 2.98. The lowest BCUT2D eigenvalue weighted by Crippen LogP contribution is -2.63. The molecular weight excluding hydrogens is 214 g/mol. The van der Waals surface area contributed by atoms with Crippen LogP contribution in [0.5, 0.6) is 0 Å². The fourth-order valence-corrected chi connectivity index (χ4v) is 2.20. The lowest BCUT2D eigenvalue weighted by atomic mass is 9.89. The van der Waals surface area contributed by atoms with Gasteiger partial charge >= 0.3 is 0 Å². The third kappa shape index (κ3) is 1.58. The van der Waals surface area contributed by atoms with E-state index in [2.05, 4.69) is 9.97 Å². The summed E-state index contributed by atoms with van der Waals surface area (Å²) in [6, 6.07) is 0. The molecule has 2 aliphatic rings. The third-order valence-electron chi connectivity index (χ3n) is 3.16. The van der Waals surface area contributed by atoms with E-state index in [1.165, 1.54) is 0 Å². The highest BCUT2D eigenvalue weighted by molar-refractivity contribution is 6.30. The number of hydrogen-bond donors (Lipinski definition) is 1. The van der Waals surface area contributed by atoms with Gasteiger partial charge in [-0.05, 0) is 18.8 Å². The summed E-state index contributed by atoms with van der Waals surface area (Å²) in [5.74, 6) is 1.16. The molecule has 15 heavy (non-hydrogen) atoms. The Balaban J connectivity index is 1.69. The molecule has 2 heterocycles. The zero-order valence-corrected chi connectivity index (χ0v) is 8.98. The Morgan fingerprint density at radius 2 is 1.93 bits per heavy atom. The third-order valence-corrected chi connectivity index (χ3v) is 3.35. The molecule has 0 bridgehead atoms. The Hall–Kier alpha value is -0.870. The molecule has 0 radical (unpaired) electrons. The van der Waals surface area contributed by atoms with Crippen LogP contribution in [-0.4, -0.2) is 33.8 Å². The molecule has 0 aromatic carbocycles. The molecule has 0 amide bonds. The van der Waals surface area contributed by atoms with Crippen LogP contribution >= 0.6 is 11.6 Å². The van der Waals surface area contributed by atoms with Gasteiger partial charge in [-0.1, -0.05) is 11.6 Å². The monoisotopic (exact) mass is 225 g/mol. The Morgan fingerprint density at radius 3 is 2.47 bits per heavy atom. The Kier molecular flexibility index (Phi) is 1.91. The highest BCUT2D eigenvalue weighted by atomic mass is 35.5. The Labute approximate surface area is 92.9 Å². The average molecular weight is 226 g/mol. The summed E-state index contributed by atoms with van der Waals surface area (Å²) in [6.45, 7) is 1.30. The Morgan fingerprint density at radius 1 is 1.33 bits per heavy atom. The van der Waals surface area contributed by atoms with Gasteiger partial charge in [-0.3, -0.25) is 0 Å². The number of halogens is 1. The van der Waals surface area contributed by atoms with Gasteiger partial charge < -0.3 is 10.0 Å². The molecule has 3 rings (SSSR count). The summed E-state index contributed by atoms with van der Waals surface area (Å²) >= 11 is 5.70. The smallest absolute Gasteiger partial charge is 0.225 e. The molecule has 0 spiro atoms. The van der Waals surface area contributed by atoms with E-state index in [4.69, 9.17) is 11.6 Å². The van der Waals surface area contributed by atoms with Crippen molar-refractivity contribution in [3.05, 3.63) is 17.4 Å². The van der Waals surface area contributed by atoms with Crippen LogP contribution in [0, 0.1) is 5.92 Å². The number of rotatable bonds is 2. The van der Waals surface area contributed by atoms with Gasteiger partial charge in [0.05, 0.1) is 30.5 Å². The predicted molar refractivity (Wildman–Crippen MR) is 56.9 cm³/mol. The Bertz CT molecular complexity index is 371. The molecular formula is C10H12ClN3O. The minimum absolute atomic E-state index is 0.483. The number of aromatic nitrogens is 2. The largest absolute Gasteiger partial charge is 0.386 e. The van der Waals surface area contributed by atoms with Crippen molar-refractivity contribution in [2.24, 2.45) is 5.92 Å². The highest BCUT2D eigenvalue weighted by Crippen LogP contribution is 2.45. The fraction of sp³-hybridized carbons (Fsp3) is 0.600. The van der Waals surface area contributed by atoms with Gasteiger partial charge in [0.15, 0.2) is 0 Å². The van der Waals surface area contributed by atoms with Crippen LogP contribution in [0.4, 0.5) is 5.95 Å². The fourth-order valence-electron chi connectivity index (χ4n) is 2.10. The lowest BCUT2D eigenvalue weighted by Gasteiger charge is -2.46. The summed E-state index contributed by atoms with van der Waals surface area (Å²) in [5.41, 5.74) is -0.483. The van der Waals surface area contributed by atoms with Crippen LogP contribution in [0.1, 0.15) is 12.8 Å². The van der Waals surface area contributed by atoms with Crippen molar-refractivity contribution >= 4 is 17.5 Å². The SMILES string of the molecule is OC1(C2CC2)CN(c2ncc(Cl)cn2)C1. The molecule has 5 heteroatoms.